The van der Waals surface area contributed by atoms with E-state index in [1.807, 2.05) is 65.5 Å². The fourth-order valence-electron chi connectivity index (χ4n) is 3.16. The Balaban J connectivity index is 1.52. The van der Waals surface area contributed by atoms with Gasteiger partial charge in [-0.15, -0.1) is 0 Å². The van der Waals surface area contributed by atoms with E-state index in [4.69, 9.17) is 0 Å². The van der Waals surface area contributed by atoms with Gasteiger partial charge >= 0.3 is 0 Å². The molecule has 1 aliphatic heterocycles. The van der Waals surface area contributed by atoms with Crippen LogP contribution in [0.3, 0.4) is 0 Å². The van der Waals surface area contributed by atoms with Crippen molar-refractivity contribution in [2.75, 3.05) is 23.3 Å². The molecule has 1 saturated heterocycles. The van der Waals surface area contributed by atoms with Gasteiger partial charge in [-0.25, -0.2) is 0 Å². The van der Waals surface area contributed by atoms with Crippen molar-refractivity contribution in [1.82, 2.24) is 9.55 Å². The predicted octanol–water partition coefficient (Wildman–Crippen LogP) is 3.72. The molecule has 1 amide bonds. The number of hydrogen-bond acceptors (Lipinski definition) is 3. The highest BCUT2D eigenvalue weighted by molar-refractivity contribution is 6.03. The molecule has 0 spiro atoms. The second-order valence-corrected chi connectivity index (χ2v) is 6.19. The quantitative estimate of drug-likeness (QED) is 0.792. The minimum atomic E-state index is -0.189. The molecule has 1 aromatic carbocycles. The van der Waals surface area contributed by atoms with Crippen LogP contribution in [-0.4, -0.2) is 28.5 Å². The molecule has 0 atom stereocenters. The molecule has 3 aromatic rings. The fraction of sp³-hybridized carbons (Fsp3) is 0.200. The molecule has 25 heavy (non-hydrogen) atoms. The van der Waals surface area contributed by atoms with Gasteiger partial charge in [0.2, 0.25) is 0 Å². The van der Waals surface area contributed by atoms with Gasteiger partial charge < -0.3 is 14.8 Å². The number of benzene rings is 1. The Labute approximate surface area is 146 Å². The van der Waals surface area contributed by atoms with Crippen molar-refractivity contribution < 1.29 is 4.79 Å². The van der Waals surface area contributed by atoms with E-state index in [0.29, 0.717) is 5.69 Å². The average Bonchev–Trinajstić information content (AvgIpc) is 3.36. The number of pyridine rings is 1. The second kappa shape index (κ2) is 6.81. The van der Waals surface area contributed by atoms with Gasteiger partial charge in [-0.05, 0) is 55.3 Å². The largest absolute Gasteiger partial charge is 0.371 e. The Kier molecular flexibility index (Phi) is 4.21. The highest BCUT2D eigenvalue weighted by Gasteiger charge is 2.15. The molecule has 1 aliphatic rings. The zero-order valence-corrected chi connectivity index (χ0v) is 13.9. The van der Waals surface area contributed by atoms with Crippen LogP contribution >= 0.6 is 0 Å². The van der Waals surface area contributed by atoms with Gasteiger partial charge in [-0.1, -0.05) is 6.07 Å². The minimum absolute atomic E-state index is 0.189. The summed E-state index contributed by atoms with van der Waals surface area (Å²) < 4.78 is 2.00. The van der Waals surface area contributed by atoms with Crippen LogP contribution in [0, 0.1) is 0 Å². The lowest BCUT2D eigenvalue weighted by molar-refractivity contribution is 0.102. The van der Waals surface area contributed by atoms with E-state index in [1.165, 1.54) is 12.8 Å². The first-order valence-electron chi connectivity index (χ1n) is 8.55. The van der Waals surface area contributed by atoms with E-state index < -0.39 is 0 Å². The monoisotopic (exact) mass is 332 g/mol. The van der Waals surface area contributed by atoms with Crippen LogP contribution in [0.15, 0.2) is 67.1 Å². The smallest absolute Gasteiger partial charge is 0.274 e. The van der Waals surface area contributed by atoms with E-state index in [9.17, 15) is 4.79 Å². The molecule has 5 nitrogen and oxygen atoms in total. The summed E-state index contributed by atoms with van der Waals surface area (Å²) in [4.78, 5) is 19.1. The third-order valence-corrected chi connectivity index (χ3v) is 4.45. The third kappa shape index (κ3) is 3.40. The molecule has 5 heteroatoms. The van der Waals surface area contributed by atoms with Crippen molar-refractivity contribution in [2.45, 2.75) is 12.8 Å². The first-order chi connectivity index (χ1) is 12.3. The molecule has 4 rings (SSSR count). The van der Waals surface area contributed by atoms with Gasteiger partial charge in [0, 0.05) is 48.7 Å². The van der Waals surface area contributed by atoms with Crippen molar-refractivity contribution >= 4 is 17.3 Å². The number of aromatic nitrogens is 2. The van der Waals surface area contributed by atoms with Gasteiger partial charge in [0.15, 0.2) is 0 Å². The predicted molar refractivity (Wildman–Crippen MR) is 99.4 cm³/mol. The molecule has 0 unspecified atom stereocenters. The Morgan fingerprint density at radius 3 is 2.56 bits per heavy atom. The summed E-state index contributed by atoms with van der Waals surface area (Å²) in [5.74, 6) is -0.189. The Hall–Kier alpha value is -3.08. The first-order valence-corrected chi connectivity index (χ1v) is 8.55. The summed E-state index contributed by atoms with van der Waals surface area (Å²) in [6.07, 6.45) is 8.06. The molecule has 3 heterocycles. The third-order valence-electron chi connectivity index (χ3n) is 4.45. The van der Waals surface area contributed by atoms with Crippen molar-refractivity contribution in [1.29, 1.82) is 0 Å². The maximum absolute atomic E-state index is 12.6. The molecule has 0 radical (unpaired) electrons. The maximum atomic E-state index is 12.6. The van der Waals surface area contributed by atoms with E-state index in [-0.39, 0.29) is 5.91 Å². The number of hydrogen-bond donors (Lipinski definition) is 1. The number of amides is 1. The molecular formula is C20H20N4O. The molecule has 126 valence electrons. The van der Waals surface area contributed by atoms with E-state index in [2.05, 4.69) is 15.2 Å². The highest BCUT2D eigenvalue weighted by atomic mass is 16.1. The zero-order valence-electron chi connectivity index (χ0n) is 13.9. The molecule has 1 fully saturated rings. The molecule has 0 saturated carbocycles. The summed E-state index contributed by atoms with van der Waals surface area (Å²) in [7, 11) is 0. The summed E-state index contributed by atoms with van der Waals surface area (Å²) in [5.41, 5.74) is 3.26. The van der Waals surface area contributed by atoms with Crippen LogP contribution in [0.4, 0.5) is 11.4 Å². The lowest BCUT2D eigenvalue weighted by Gasteiger charge is -2.17. The van der Waals surface area contributed by atoms with Crippen LogP contribution in [0.2, 0.25) is 0 Å². The molecular weight excluding hydrogens is 312 g/mol. The molecule has 2 aromatic heterocycles. The SMILES string of the molecule is O=C(Nc1cccc(-n2cccc2)c1)c1cc(N2CCCC2)ccn1. The minimum Gasteiger partial charge on any atom is -0.371 e. The van der Waals surface area contributed by atoms with Crippen LogP contribution in [-0.2, 0) is 0 Å². The van der Waals surface area contributed by atoms with E-state index in [1.54, 1.807) is 6.20 Å². The number of carbonyl (C=O) groups excluding carboxylic acids is 1. The van der Waals surface area contributed by atoms with Crippen molar-refractivity contribution in [3.05, 3.63) is 72.8 Å². The molecule has 0 bridgehead atoms. The van der Waals surface area contributed by atoms with E-state index >= 15 is 0 Å². The lowest BCUT2D eigenvalue weighted by atomic mass is 10.2. The van der Waals surface area contributed by atoms with Crippen molar-refractivity contribution in [2.24, 2.45) is 0 Å². The van der Waals surface area contributed by atoms with Gasteiger partial charge in [-0.2, -0.15) is 0 Å². The number of rotatable bonds is 4. The summed E-state index contributed by atoms with van der Waals surface area (Å²) >= 11 is 0. The Morgan fingerprint density at radius 2 is 1.76 bits per heavy atom. The standard InChI is InChI=1S/C20H20N4O/c25-20(19-15-18(8-9-21-19)24-12-3-4-13-24)22-16-6-5-7-17(14-16)23-10-1-2-11-23/h1-2,5-11,14-15H,3-4,12-13H2,(H,22,25). The van der Waals surface area contributed by atoms with Gasteiger partial charge in [0.25, 0.3) is 5.91 Å². The molecule has 1 N–H and O–H groups in total. The summed E-state index contributed by atoms with van der Waals surface area (Å²) in [6.45, 7) is 2.09. The highest BCUT2D eigenvalue weighted by Crippen LogP contribution is 2.21. The Morgan fingerprint density at radius 1 is 0.960 bits per heavy atom. The second-order valence-electron chi connectivity index (χ2n) is 6.19. The van der Waals surface area contributed by atoms with Crippen LogP contribution in [0.5, 0.6) is 0 Å². The van der Waals surface area contributed by atoms with Crippen molar-refractivity contribution in [3.63, 3.8) is 0 Å². The number of nitrogens with one attached hydrogen (secondary N) is 1. The Bertz CT molecular complexity index is 867. The molecule has 0 aliphatic carbocycles. The summed E-state index contributed by atoms with van der Waals surface area (Å²) in [6, 6.07) is 15.5. The first kappa shape index (κ1) is 15.4. The van der Waals surface area contributed by atoms with Crippen LogP contribution < -0.4 is 10.2 Å². The number of nitrogens with zero attached hydrogens (tertiary/aromatic N) is 3. The number of carbonyl (C=O) groups is 1. The van der Waals surface area contributed by atoms with Gasteiger partial charge in [-0.3, -0.25) is 9.78 Å². The zero-order chi connectivity index (χ0) is 17.1. The lowest BCUT2D eigenvalue weighted by Crippen LogP contribution is -2.19. The fourth-order valence-corrected chi connectivity index (χ4v) is 3.16. The maximum Gasteiger partial charge on any atom is 0.274 e. The van der Waals surface area contributed by atoms with Crippen LogP contribution in [0.25, 0.3) is 5.69 Å². The topological polar surface area (TPSA) is 50.2 Å². The van der Waals surface area contributed by atoms with Crippen LogP contribution in [0.1, 0.15) is 23.3 Å². The van der Waals surface area contributed by atoms with Gasteiger partial charge in [0.1, 0.15) is 5.69 Å². The number of anilines is 2. The van der Waals surface area contributed by atoms with Crippen molar-refractivity contribution in [3.8, 4) is 5.69 Å². The summed E-state index contributed by atoms with van der Waals surface area (Å²) in [5, 5.41) is 2.95. The van der Waals surface area contributed by atoms with Gasteiger partial charge in [0.05, 0.1) is 0 Å². The normalized spacial score (nSPS) is 13.8. The average molecular weight is 332 g/mol. The van der Waals surface area contributed by atoms with E-state index in [0.717, 1.165) is 30.2 Å².